The predicted molar refractivity (Wildman–Crippen MR) is 118 cm³/mol. The second kappa shape index (κ2) is 8.74. The zero-order valence-corrected chi connectivity index (χ0v) is 17.1. The maximum absolute atomic E-state index is 5.21. The molecule has 4 rings (SSSR count). The van der Waals surface area contributed by atoms with Gasteiger partial charge in [-0.15, -0.1) is 0 Å². The topological polar surface area (TPSA) is 18.8 Å². The lowest BCUT2D eigenvalue weighted by atomic mass is 9.77. The van der Waals surface area contributed by atoms with Crippen LogP contribution in [0.3, 0.4) is 0 Å². The molecule has 1 fully saturated rings. The van der Waals surface area contributed by atoms with Crippen molar-refractivity contribution in [1.82, 2.24) is 9.91 Å². The molecule has 2 unspecified atom stereocenters. The molecule has 0 spiro atoms. The molecule has 1 heterocycles. The predicted octanol–water partition coefficient (Wildman–Crippen LogP) is 5.23. The fourth-order valence-electron chi connectivity index (χ4n) is 4.56. The Balaban J connectivity index is 1.64. The smallest absolute Gasteiger partial charge is 0.0804 e. The number of nitrogens with zero attached hydrogens (tertiary/aromatic N) is 3. The van der Waals surface area contributed by atoms with Crippen LogP contribution >= 0.6 is 0 Å². The molecule has 0 amide bonds. The Morgan fingerprint density at radius 2 is 1.75 bits per heavy atom. The van der Waals surface area contributed by atoms with E-state index in [1.165, 1.54) is 35.3 Å². The van der Waals surface area contributed by atoms with E-state index < -0.39 is 0 Å². The number of hydrazone groups is 1. The number of hydrogen-bond acceptors (Lipinski definition) is 3. The minimum Gasteiger partial charge on any atom is -0.309 e. The maximum atomic E-state index is 5.21. The molecule has 2 aromatic carbocycles. The summed E-state index contributed by atoms with van der Waals surface area (Å²) in [5.74, 6) is 0.505. The molecule has 2 aromatic rings. The van der Waals surface area contributed by atoms with Crippen molar-refractivity contribution in [3.05, 3.63) is 77.4 Å². The molecule has 2 aliphatic rings. The average Bonchev–Trinajstić information content (AvgIpc) is 3.08. The van der Waals surface area contributed by atoms with Gasteiger partial charge < -0.3 is 4.90 Å². The van der Waals surface area contributed by atoms with Crippen LogP contribution < -0.4 is 0 Å². The first-order valence-corrected chi connectivity index (χ1v) is 10.5. The summed E-state index contributed by atoms with van der Waals surface area (Å²) < 4.78 is 0. The Bertz CT molecular complexity index is 823. The van der Waals surface area contributed by atoms with Gasteiger partial charge >= 0.3 is 0 Å². The molecule has 0 bridgehead atoms. The van der Waals surface area contributed by atoms with E-state index in [1.807, 2.05) is 0 Å². The third-order valence-corrected chi connectivity index (χ3v) is 5.85. The van der Waals surface area contributed by atoms with E-state index in [4.69, 9.17) is 5.10 Å². The van der Waals surface area contributed by atoms with Crippen LogP contribution in [0.2, 0.25) is 0 Å². The van der Waals surface area contributed by atoms with Gasteiger partial charge in [0.15, 0.2) is 0 Å². The van der Waals surface area contributed by atoms with Crippen molar-refractivity contribution in [2.75, 3.05) is 27.2 Å². The van der Waals surface area contributed by atoms with E-state index in [9.17, 15) is 0 Å². The van der Waals surface area contributed by atoms with Gasteiger partial charge in [-0.05, 0) is 69.1 Å². The second-order valence-corrected chi connectivity index (χ2v) is 8.24. The fourth-order valence-corrected chi connectivity index (χ4v) is 4.56. The first-order valence-electron chi connectivity index (χ1n) is 10.5. The molecule has 0 aromatic heterocycles. The number of fused-ring (bicyclic) bond motifs is 1. The molecular weight excluding hydrogens is 342 g/mol. The van der Waals surface area contributed by atoms with Crippen molar-refractivity contribution in [3.63, 3.8) is 0 Å². The van der Waals surface area contributed by atoms with E-state index >= 15 is 0 Å². The van der Waals surface area contributed by atoms with Crippen molar-refractivity contribution in [2.45, 2.75) is 31.7 Å². The van der Waals surface area contributed by atoms with Crippen LogP contribution in [-0.2, 0) is 0 Å². The van der Waals surface area contributed by atoms with Crippen molar-refractivity contribution in [2.24, 2.45) is 11.0 Å². The van der Waals surface area contributed by atoms with Crippen LogP contribution in [0.1, 0.15) is 42.9 Å². The summed E-state index contributed by atoms with van der Waals surface area (Å²) in [5.41, 5.74) is 5.44. The Morgan fingerprint density at radius 3 is 2.46 bits per heavy atom. The minimum atomic E-state index is 0.373. The molecule has 3 heteroatoms. The van der Waals surface area contributed by atoms with Gasteiger partial charge in [0.25, 0.3) is 0 Å². The van der Waals surface area contributed by atoms with E-state index in [0.717, 1.165) is 25.9 Å². The van der Waals surface area contributed by atoms with Gasteiger partial charge in [0, 0.05) is 12.5 Å². The minimum absolute atomic E-state index is 0.373. The van der Waals surface area contributed by atoms with Crippen molar-refractivity contribution in [3.8, 4) is 0 Å². The van der Waals surface area contributed by atoms with E-state index in [0.29, 0.717) is 12.0 Å². The first kappa shape index (κ1) is 18.9. The third kappa shape index (κ3) is 4.20. The third-order valence-electron chi connectivity index (χ3n) is 5.85. The van der Waals surface area contributed by atoms with Gasteiger partial charge in [-0.2, -0.15) is 5.10 Å². The highest BCUT2D eigenvalue weighted by Crippen LogP contribution is 2.44. The summed E-state index contributed by atoms with van der Waals surface area (Å²) in [4.78, 5) is 2.26. The van der Waals surface area contributed by atoms with Crippen molar-refractivity contribution >= 4 is 11.8 Å². The Labute approximate surface area is 169 Å². The van der Waals surface area contributed by atoms with E-state index in [2.05, 4.69) is 90.7 Å². The fraction of sp³-hybridized carbons (Fsp3) is 0.400. The van der Waals surface area contributed by atoms with Crippen LogP contribution in [0.5, 0.6) is 0 Å². The Kier molecular flexibility index (Phi) is 5.92. The maximum Gasteiger partial charge on any atom is 0.0804 e. The summed E-state index contributed by atoms with van der Waals surface area (Å²) in [7, 11) is 4.29. The van der Waals surface area contributed by atoms with Crippen LogP contribution in [0.15, 0.2) is 71.3 Å². The molecule has 146 valence electrons. The van der Waals surface area contributed by atoms with Crippen LogP contribution in [0.25, 0.3) is 6.08 Å². The molecule has 1 saturated carbocycles. The van der Waals surface area contributed by atoms with Crippen LogP contribution in [0, 0.1) is 5.92 Å². The van der Waals surface area contributed by atoms with Crippen molar-refractivity contribution < 1.29 is 0 Å². The number of allylic oxidation sites excluding steroid dienone is 1. The quantitative estimate of drug-likeness (QED) is 0.690. The molecule has 3 nitrogen and oxygen atoms in total. The summed E-state index contributed by atoms with van der Waals surface area (Å²) in [5, 5.41) is 7.58. The lowest BCUT2D eigenvalue weighted by Crippen LogP contribution is -2.29. The normalized spacial score (nSPS) is 23.2. The van der Waals surface area contributed by atoms with Gasteiger partial charge in [-0.1, -0.05) is 60.7 Å². The van der Waals surface area contributed by atoms with Crippen LogP contribution in [0.4, 0.5) is 0 Å². The van der Waals surface area contributed by atoms with Crippen LogP contribution in [-0.4, -0.2) is 42.8 Å². The van der Waals surface area contributed by atoms with E-state index in [1.54, 1.807) is 0 Å². The highest BCUT2D eigenvalue weighted by Gasteiger charge is 2.40. The van der Waals surface area contributed by atoms with Gasteiger partial charge in [0.1, 0.15) is 0 Å². The lowest BCUT2D eigenvalue weighted by molar-refractivity contribution is 0.187. The Hall–Kier alpha value is -2.39. The van der Waals surface area contributed by atoms with Crippen molar-refractivity contribution in [1.29, 1.82) is 0 Å². The van der Waals surface area contributed by atoms with Gasteiger partial charge in [-0.3, -0.25) is 5.01 Å². The highest BCUT2D eigenvalue weighted by atomic mass is 15.5. The highest BCUT2D eigenvalue weighted by molar-refractivity contribution is 6.07. The number of rotatable bonds is 6. The SMILES string of the molecule is CN(C)CCCN1N=C2C(=Cc3ccccc3)CCCC2C1c1ccccc1. The van der Waals surface area contributed by atoms with E-state index in [-0.39, 0.29) is 0 Å². The van der Waals surface area contributed by atoms with Gasteiger partial charge in [-0.25, -0.2) is 0 Å². The molecule has 0 radical (unpaired) electrons. The van der Waals surface area contributed by atoms with Gasteiger partial charge in [0.05, 0.1) is 11.8 Å². The first-order chi connectivity index (χ1) is 13.7. The monoisotopic (exact) mass is 373 g/mol. The number of hydrogen-bond donors (Lipinski definition) is 0. The van der Waals surface area contributed by atoms with Gasteiger partial charge in [0.2, 0.25) is 0 Å². The lowest BCUT2D eigenvalue weighted by Gasteiger charge is -2.31. The second-order valence-electron chi connectivity index (χ2n) is 8.24. The molecule has 2 atom stereocenters. The molecule has 28 heavy (non-hydrogen) atoms. The average molecular weight is 374 g/mol. The molecule has 1 aliphatic carbocycles. The molecule has 0 saturated heterocycles. The molecular formula is C25H31N3. The zero-order chi connectivity index (χ0) is 19.3. The zero-order valence-electron chi connectivity index (χ0n) is 17.1. The summed E-state index contributed by atoms with van der Waals surface area (Å²) in [6.45, 7) is 2.11. The molecule has 1 aliphatic heterocycles. The largest absolute Gasteiger partial charge is 0.309 e. The standard InChI is InChI=1S/C25H31N3/c1-27(2)17-10-18-28-25(21-13-7-4-8-14-21)23-16-9-15-22(24(23)26-28)19-20-11-5-3-6-12-20/h3-8,11-14,19,23,25H,9-10,15-18H2,1-2H3. The Morgan fingerprint density at radius 1 is 1.04 bits per heavy atom. The summed E-state index contributed by atoms with van der Waals surface area (Å²) in [6, 6.07) is 22.0. The number of benzene rings is 2. The summed E-state index contributed by atoms with van der Waals surface area (Å²) >= 11 is 0. The molecule has 0 N–H and O–H groups in total. The summed E-state index contributed by atoms with van der Waals surface area (Å²) in [6.07, 6.45) is 7.11.